The van der Waals surface area contributed by atoms with Gasteiger partial charge in [-0.05, 0) is 32.3 Å². The Morgan fingerprint density at radius 1 is 1.55 bits per heavy atom. The van der Waals surface area contributed by atoms with Crippen molar-refractivity contribution in [2.75, 3.05) is 0 Å². The second-order valence-electron chi connectivity index (χ2n) is 6.99. The summed E-state index contributed by atoms with van der Waals surface area (Å²) < 4.78 is 10.8. The number of carbonyl (C=O) groups is 2. The van der Waals surface area contributed by atoms with Gasteiger partial charge in [0, 0.05) is 30.8 Å². The highest BCUT2D eigenvalue weighted by Crippen LogP contribution is 2.52. The zero-order chi connectivity index (χ0) is 16.2. The predicted molar refractivity (Wildman–Crippen MR) is 78.7 cm³/mol. The number of esters is 2. The number of rotatable bonds is 1. The lowest BCUT2D eigenvalue weighted by molar-refractivity contribution is -0.148. The van der Waals surface area contributed by atoms with Crippen molar-refractivity contribution in [2.45, 2.75) is 51.4 Å². The van der Waals surface area contributed by atoms with Crippen molar-refractivity contribution >= 4 is 11.9 Å². The Morgan fingerprint density at radius 2 is 2.23 bits per heavy atom. The maximum Gasteiger partial charge on any atom is 0.334 e. The average molecular weight is 306 g/mol. The molecule has 0 radical (unpaired) electrons. The van der Waals surface area contributed by atoms with E-state index >= 15 is 0 Å². The Kier molecular flexibility index (Phi) is 3.44. The van der Waals surface area contributed by atoms with Crippen LogP contribution in [0.4, 0.5) is 0 Å². The minimum absolute atomic E-state index is 0.0454. The van der Waals surface area contributed by atoms with Crippen molar-refractivity contribution in [1.82, 2.24) is 0 Å². The van der Waals surface area contributed by atoms with Gasteiger partial charge in [0.25, 0.3) is 0 Å². The van der Waals surface area contributed by atoms with E-state index < -0.39 is 5.60 Å². The van der Waals surface area contributed by atoms with Gasteiger partial charge in [0.05, 0.1) is 5.60 Å². The van der Waals surface area contributed by atoms with E-state index in [4.69, 9.17) is 9.47 Å². The molecule has 0 unspecified atom stereocenters. The van der Waals surface area contributed by atoms with E-state index in [2.05, 4.69) is 6.58 Å². The normalized spacial score (nSPS) is 43.8. The Balaban J connectivity index is 1.98. The summed E-state index contributed by atoms with van der Waals surface area (Å²) in [6.45, 7) is 8.96. The van der Waals surface area contributed by atoms with Crippen LogP contribution in [0.25, 0.3) is 0 Å². The zero-order valence-corrected chi connectivity index (χ0v) is 13.2. The smallest absolute Gasteiger partial charge is 0.334 e. The Hall–Kier alpha value is -1.62. The Morgan fingerprint density at radius 3 is 2.86 bits per heavy atom. The highest BCUT2D eigenvalue weighted by atomic mass is 16.6. The fourth-order valence-electron chi connectivity index (χ4n) is 4.37. The predicted octanol–water partition coefficient (Wildman–Crippen LogP) is 1.75. The highest BCUT2D eigenvalue weighted by Gasteiger charge is 2.55. The molecule has 0 amide bonds. The number of fused-ring (bicyclic) bond motifs is 2. The molecule has 1 aliphatic heterocycles. The first-order valence-corrected chi connectivity index (χ1v) is 7.68. The largest absolute Gasteiger partial charge is 0.462 e. The molecule has 0 aromatic carbocycles. The van der Waals surface area contributed by atoms with Crippen molar-refractivity contribution in [2.24, 2.45) is 17.8 Å². The molecule has 22 heavy (non-hydrogen) atoms. The summed E-state index contributed by atoms with van der Waals surface area (Å²) in [5.74, 6) is -0.938. The van der Waals surface area contributed by atoms with Crippen molar-refractivity contribution in [3.8, 4) is 0 Å². The molecule has 1 saturated carbocycles. The van der Waals surface area contributed by atoms with Gasteiger partial charge in [-0.3, -0.25) is 4.79 Å². The lowest BCUT2D eigenvalue weighted by atomic mass is 9.78. The first-order chi connectivity index (χ1) is 10.2. The van der Waals surface area contributed by atoms with Gasteiger partial charge in [0.15, 0.2) is 0 Å². The van der Waals surface area contributed by atoms with E-state index in [-0.39, 0.29) is 41.9 Å². The van der Waals surface area contributed by atoms with Gasteiger partial charge in [-0.25, -0.2) is 4.79 Å². The fraction of sp³-hybridized carbons (Fsp3) is 0.647. The van der Waals surface area contributed by atoms with E-state index in [1.54, 1.807) is 6.92 Å². The van der Waals surface area contributed by atoms with Gasteiger partial charge in [0.1, 0.15) is 12.2 Å². The monoisotopic (exact) mass is 306 g/mol. The van der Waals surface area contributed by atoms with Crippen LogP contribution < -0.4 is 0 Å². The molecule has 0 aromatic rings. The van der Waals surface area contributed by atoms with Gasteiger partial charge in [-0.15, -0.1) is 0 Å². The Bertz CT molecular complexity index is 574. The molecule has 1 saturated heterocycles. The highest BCUT2D eigenvalue weighted by molar-refractivity contribution is 5.91. The first kappa shape index (κ1) is 15.3. The van der Waals surface area contributed by atoms with Gasteiger partial charge in [0.2, 0.25) is 0 Å². The fourth-order valence-corrected chi connectivity index (χ4v) is 4.37. The maximum atomic E-state index is 11.7. The summed E-state index contributed by atoms with van der Waals surface area (Å²) in [7, 11) is 0. The van der Waals surface area contributed by atoms with E-state index in [1.807, 2.05) is 13.0 Å². The molecule has 3 rings (SSSR count). The molecular formula is C17H22O5. The van der Waals surface area contributed by atoms with Crippen LogP contribution in [0.2, 0.25) is 0 Å². The van der Waals surface area contributed by atoms with Crippen LogP contribution in [-0.4, -0.2) is 34.9 Å². The molecule has 0 aromatic heterocycles. The van der Waals surface area contributed by atoms with Crippen molar-refractivity contribution in [3.05, 3.63) is 23.8 Å². The second kappa shape index (κ2) is 4.95. The van der Waals surface area contributed by atoms with E-state index in [9.17, 15) is 14.7 Å². The molecule has 0 spiro atoms. The van der Waals surface area contributed by atoms with Gasteiger partial charge >= 0.3 is 11.9 Å². The van der Waals surface area contributed by atoms with Crippen LogP contribution in [-0.2, 0) is 19.1 Å². The average Bonchev–Trinajstić information content (AvgIpc) is 2.71. The topological polar surface area (TPSA) is 72.8 Å². The molecule has 5 heteroatoms. The minimum Gasteiger partial charge on any atom is -0.462 e. The molecule has 5 nitrogen and oxygen atoms in total. The number of carbonyl (C=O) groups excluding carboxylic acids is 2. The maximum absolute atomic E-state index is 11.7. The van der Waals surface area contributed by atoms with E-state index in [0.29, 0.717) is 18.4 Å². The summed E-state index contributed by atoms with van der Waals surface area (Å²) >= 11 is 0. The van der Waals surface area contributed by atoms with Crippen LogP contribution in [0.5, 0.6) is 0 Å². The number of hydrogen-bond donors (Lipinski definition) is 1. The molecule has 3 aliphatic rings. The van der Waals surface area contributed by atoms with Gasteiger partial charge < -0.3 is 14.6 Å². The first-order valence-electron chi connectivity index (χ1n) is 7.68. The summed E-state index contributed by atoms with van der Waals surface area (Å²) in [6, 6.07) is 0. The van der Waals surface area contributed by atoms with Crippen LogP contribution in [0.1, 0.15) is 33.6 Å². The molecule has 1 N–H and O–H groups in total. The lowest BCUT2D eigenvalue weighted by Crippen LogP contribution is -2.33. The SMILES string of the molecule is C=C1C(=O)O[C@@H]2C=C(C)[C@H]3[C@@H](OC(C)=O)C[C@@](C)(O)[C@@H]3C[C@H]12. The van der Waals surface area contributed by atoms with Crippen molar-refractivity contribution in [1.29, 1.82) is 0 Å². The summed E-state index contributed by atoms with van der Waals surface area (Å²) in [5, 5.41) is 10.8. The molecule has 0 bridgehead atoms. The van der Waals surface area contributed by atoms with Gasteiger partial charge in [-0.2, -0.15) is 0 Å². The number of hydrogen-bond acceptors (Lipinski definition) is 5. The second-order valence-corrected chi connectivity index (χ2v) is 6.99. The summed E-state index contributed by atoms with van der Waals surface area (Å²) in [6.07, 6.45) is 2.30. The summed E-state index contributed by atoms with van der Waals surface area (Å²) in [5.41, 5.74) is 0.534. The van der Waals surface area contributed by atoms with Crippen molar-refractivity contribution < 1.29 is 24.2 Å². The molecular weight excluding hydrogens is 284 g/mol. The third kappa shape index (κ3) is 2.28. The molecule has 2 fully saturated rings. The van der Waals surface area contributed by atoms with Crippen LogP contribution >= 0.6 is 0 Å². The van der Waals surface area contributed by atoms with E-state index in [1.165, 1.54) is 6.92 Å². The zero-order valence-electron chi connectivity index (χ0n) is 13.2. The summed E-state index contributed by atoms with van der Waals surface area (Å²) in [4.78, 5) is 23.1. The molecule has 120 valence electrons. The molecule has 6 atom stereocenters. The third-order valence-electron chi connectivity index (χ3n) is 5.37. The number of aliphatic hydroxyl groups is 1. The van der Waals surface area contributed by atoms with Crippen LogP contribution in [0.15, 0.2) is 23.8 Å². The Labute approximate surface area is 130 Å². The lowest BCUT2D eigenvalue weighted by Gasteiger charge is -2.30. The van der Waals surface area contributed by atoms with E-state index in [0.717, 1.165) is 5.57 Å². The third-order valence-corrected chi connectivity index (χ3v) is 5.37. The standard InChI is InChI=1S/C17H22O5/c1-8-5-13-11(9(2)16(19)22-13)6-12-15(8)14(21-10(3)18)7-17(12,4)20/h5,11-15,20H,2,6-7H2,1,3-4H3/t11-,12-,13-,14+,15-,17-/m1/s1. The van der Waals surface area contributed by atoms with Crippen molar-refractivity contribution in [3.63, 3.8) is 0 Å². The number of ether oxygens (including phenoxy) is 2. The molecule has 1 heterocycles. The van der Waals surface area contributed by atoms with Gasteiger partial charge in [-0.1, -0.05) is 12.2 Å². The quantitative estimate of drug-likeness (QED) is 0.454. The molecule has 2 aliphatic carbocycles. The van der Waals surface area contributed by atoms with Crippen LogP contribution in [0.3, 0.4) is 0 Å². The van der Waals surface area contributed by atoms with Crippen LogP contribution in [0, 0.1) is 17.8 Å². The minimum atomic E-state index is -0.944.